The topological polar surface area (TPSA) is 119 Å². The molecule has 0 atom stereocenters. The number of anilines is 2. The van der Waals surface area contributed by atoms with Gasteiger partial charge in [0, 0.05) is 43.9 Å². The number of nitrogens with zero attached hydrogens (tertiary/aromatic N) is 6. The maximum atomic E-state index is 13.7. The van der Waals surface area contributed by atoms with Gasteiger partial charge < -0.3 is 25.8 Å². The Labute approximate surface area is 207 Å². The molecule has 4 N–H and O–H groups in total. The van der Waals surface area contributed by atoms with E-state index in [1.54, 1.807) is 12.1 Å². The summed E-state index contributed by atoms with van der Waals surface area (Å²) in [5.74, 6) is 0.728. The number of benzene rings is 1. The summed E-state index contributed by atoms with van der Waals surface area (Å²) in [4.78, 5) is 29.6. The van der Waals surface area contributed by atoms with Crippen molar-refractivity contribution >= 4 is 29.1 Å². The van der Waals surface area contributed by atoms with Gasteiger partial charge in [0.15, 0.2) is 0 Å². The number of carbonyl (C=O) groups excluding carboxylic acids is 1. The molecular weight excluding hydrogens is 471 g/mol. The zero-order valence-electron chi connectivity index (χ0n) is 19.3. The highest BCUT2D eigenvalue weighted by Gasteiger charge is 2.29. The van der Waals surface area contributed by atoms with Crippen molar-refractivity contribution in [2.24, 2.45) is 5.73 Å². The van der Waals surface area contributed by atoms with Gasteiger partial charge in [0.05, 0.1) is 10.7 Å². The number of amides is 1. The molecule has 1 amide bonds. The van der Waals surface area contributed by atoms with Gasteiger partial charge in [-0.2, -0.15) is 0 Å². The Bertz CT molecular complexity index is 1240. The van der Waals surface area contributed by atoms with E-state index >= 15 is 0 Å². The molecule has 4 heterocycles. The van der Waals surface area contributed by atoms with Gasteiger partial charge in [-0.1, -0.05) is 11.6 Å². The zero-order chi connectivity index (χ0) is 24.5. The predicted octanol–water partition coefficient (Wildman–Crippen LogP) is 2.90. The SMILES string of the molecule is NC(=O)c1c(N)ncnc1N1CCC(c2nc(-c3ccc(F)c(Cl)c3)cn2CCN2CCC2)CC1. The van der Waals surface area contributed by atoms with Crippen LogP contribution in [-0.2, 0) is 6.54 Å². The Balaban J connectivity index is 1.38. The van der Waals surface area contributed by atoms with E-state index in [1.165, 1.54) is 18.8 Å². The van der Waals surface area contributed by atoms with Crippen LogP contribution in [0.5, 0.6) is 0 Å². The number of imidazole rings is 1. The van der Waals surface area contributed by atoms with Crippen LogP contribution in [0.1, 0.15) is 41.4 Å². The average Bonchev–Trinajstić information content (AvgIpc) is 3.24. The lowest BCUT2D eigenvalue weighted by molar-refractivity contribution is 0.100. The number of aromatic nitrogens is 4. The molecule has 2 aliphatic rings. The van der Waals surface area contributed by atoms with E-state index in [2.05, 4.69) is 19.4 Å². The molecule has 11 heteroatoms. The van der Waals surface area contributed by atoms with Crippen molar-refractivity contribution in [1.82, 2.24) is 24.4 Å². The monoisotopic (exact) mass is 498 g/mol. The number of likely N-dealkylation sites (tertiary alicyclic amines) is 1. The van der Waals surface area contributed by atoms with Crippen molar-refractivity contribution in [3.63, 3.8) is 0 Å². The number of rotatable bonds is 7. The Morgan fingerprint density at radius 1 is 1.14 bits per heavy atom. The second kappa shape index (κ2) is 9.79. The van der Waals surface area contributed by atoms with Gasteiger partial charge >= 0.3 is 0 Å². The first-order chi connectivity index (χ1) is 16.9. The van der Waals surface area contributed by atoms with E-state index in [9.17, 15) is 9.18 Å². The van der Waals surface area contributed by atoms with Crippen LogP contribution in [0, 0.1) is 5.82 Å². The van der Waals surface area contributed by atoms with Crippen LogP contribution in [0.15, 0.2) is 30.7 Å². The smallest absolute Gasteiger partial charge is 0.256 e. The first kappa shape index (κ1) is 23.5. The van der Waals surface area contributed by atoms with Gasteiger partial charge in [0.25, 0.3) is 5.91 Å². The molecule has 2 saturated heterocycles. The second-order valence-corrected chi connectivity index (χ2v) is 9.49. The third kappa shape index (κ3) is 4.81. The molecule has 0 radical (unpaired) electrons. The maximum absolute atomic E-state index is 13.7. The first-order valence-electron chi connectivity index (χ1n) is 11.8. The molecule has 0 unspecified atom stereocenters. The largest absolute Gasteiger partial charge is 0.383 e. The number of piperidine rings is 1. The fourth-order valence-electron chi connectivity index (χ4n) is 4.80. The van der Waals surface area contributed by atoms with Crippen LogP contribution in [0.4, 0.5) is 16.0 Å². The number of nitrogens with two attached hydrogens (primary N) is 2. The third-order valence-electron chi connectivity index (χ3n) is 6.89. The molecule has 35 heavy (non-hydrogen) atoms. The van der Waals surface area contributed by atoms with Crippen molar-refractivity contribution < 1.29 is 9.18 Å². The summed E-state index contributed by atoms with van der Waals surface area (Å²) in [6, 6.07) is 4.70. The van der Waals surface area contributed by atoms with Crippen molar-refractivity contribution in [3.05, 3.63) is 53.0 Å². The van der Waals surface area contributed by atoms with Crippen LogP contribution >= 0.6 is 11.6 Å². The molecule has 0 aliphatic carbocycles. The quantitative estimate of drug-likeness (QED) is 0.514. The van der Waals surface area contributed by atoms with Crippen LogP contribution in [0.3, 0.4) is 0 Å². The van der Waals surface area contributed by atoms with Crippen molar-refractivity contribution in [1.29, 1.82) is 0 Å². The number of hydrogen-bond acceptors (Lipinski definition) is 7. The zero-order valence-corrected chi connectivity index (χ0v) is 20.1. The van der Waals surface area contributed by atoms with E-state index in [1.807, 2.05) is 11.1 Å². The predicted molar refractivity (Wildman–Crippen MR) is 133 cm³/mol. The summed E-state index contributed by atoms with van der Waals surface area (Å²) in [5, 5.41) is 0.0851. The lowest BCUT2D eigenvalue weighted by Gasteiger charge is -2.34. The van der Waals surface area contributed by atoms with Gasteiger partial charge in [0.1, 0.15) is 35.2 Å². The van der Waals surface area contributed by atoms with Crippen LogP contribution in [0.25, 0.3) is 11.3 Å². The fourth-order valence-corrected chi connectivity index (χ4v) is 4.98. The Morgan fingerprint density at radius 3 is 2.57 bits per heavy atom. The lowest BCUT2D eigenvalue weighted by atomic mass is 9.95. The minimum Gasteiger partial charge on any atom is -0.383 e. The molecule has 2 aliphatic heterocycles. The highest BCUT2D eigenvalue weighted by Crippen LogP contribution is 2.33. The molecule has 2 aromatic heterocycles. The van der Waals surface area contributed by atoms with E-state index in [0.29, 0.717) is 18.9 Å². The summed E-state index contributed by atoms with van der Waals surface area (Å²) >= 11 is 6.03. The summed E-state index contributed by atoms with van der Waals surface area (Å²) in [6.07, 6.45) is 6.29. The van der Waals surface area contributed by atoms with E-state index < -0.39 is 11.7 Å². The molecule has 3 aromatic rings. The molecule has 0 bridgehead atoms. The molecule has 5 rings (SSSR count). The second-order valence-electron chi connectivity index (χ2n) is 9.08. The third-order valence-corrected chi connectivity index (χ3v) is 7.18. The van der Waals surface area contributed by atoms with Crippen LogP contribution < -0.4 is 16.4 Å². The molecule has 2 fully saturated rings. The number of carbonyl (C=O) groups is 1. The Hall–Kier alpha value is -3.24. The lowest BCUT2D eigenvalue weighted by Crippen LogP contribution is -2.39. The number of hydrogen-bond donors (Lipinski definition) is 2. The van der Waals surface area contributed by atoms with E-state index in [-0.39, 0.29) is 22.3 Å². The molecule has 9 nitrogen and oxygen atoms in total. The Morgan fingerprint density at radius 2 is 1.91 bits per heavy atom. The van der Waals surface area contributed by atoms with Crippen molar-refractivity contribution in [2.75, 3.05) is 43.4 Å². The van der Waals surface area contributed by atoms with Gasteiger partial charge in [0.2, 0.25) is 0 Å². The normalized spacial score (nSPS) is 16.9. The summed E-state index contributed by atoms with van der Waals surface area (Å²) in [5.41, 5.74) is 13.2. The maximum Gasteiger partial charge on any atom is 0.256 e. The summed E-state index contributed by atoms with van der Waals surface area (Å²) in [6.45, 7) is 5.43. The first-order valence-corrected chi connectivity index (χ1v) is 12.2. The molecule has 184 valence electrons. The van der Waals surface area contributed by atoms with Gasteiger partial charge in [-0.15, -0.1) is 0 Å². The van der Waals surface area contributed by atoms with Gasteiger partial charge in [-0.3, -0.25) is 4.79 Å². The fraction of sp³-hybridized carbons (Fsp3) is 0.417. The van der Waals surface area contributed by atoms with Crippen LogP contribution in [-0.4, -0.2) is 63.0 Å². The number of halogens is 2. The van der Waals surface area contributed by atoms with Gasteiger partial charge in [-0.25, -0.2) is 19.3 Å². The van der Waals surface area contributed by atoms with Crippen molar-refractivity contribution in [3.8, 4) is 11.3 Å². The van der Waals surface area contributed by atoms with Crippen LogP contribution in [0.2, 0.25) is 5.02 Å². The highest BCUT2D eigenvalue weighted by molar-refractivity contribution is 6.31. The number of nitrogen functional groups attached to an aromatic ring is 1. The Kier molecular flexibility index (Phi) is 6.57. The van der Waals surface area contributed by atoms with Crippen molar-refractivity contribution in [2.45, 2.75) is 31.7 Å². The van der Waals surface area contributed by atoms with E-state index in [0.717, 1.165) is 56.1 Å². The minimum atomic E-state index is -0.635. The highest BCUT2D eigenvalue weighted by atomic mass is 35.5. The van der Waals surface area contributed by atoms with Gasteiger partial charge in [-0.05, 0) is 50.6 Å². The molecular formula is C24H28ClFN8O. The standard InChI is InChI=1S/C24H28ClFN8O/c25-17-12-16(2-3-18(17)26)19-13-34(11-10-32-6-1-7-32)23(31-19)15-4-8-33(9-5-15)24-20(22(28)35)21(27)29-14-30-24/h2-3,12-15H,1,4-11H2,(H2,28,35)(H2,27,29,30). The molecule has 0 spiro atoms. The molecule has 1 aromatic carbocycles. The average molecular weight is 499 g/mol. The molecule has 0 saturated carbocycles. The summed E-state index contributed by atoms with van der Waals surface area (Å²) < 4.78 is 15.9. The van der Waals surface area contributed by atoms with E-state index in [4.69, 9.17) is 28.1 Å². The number of primary amides is 1. The minimum absolute atomic E-state index is 0.0851. The summed E-state index contributed by atoms with van der Waals surface area (Å²) in [7, 11) is 0.